The van der Waals surface area contributed by atoms with Gasteiger partial charge in [0.2, 0.25) is 0 Å². The zero-order chi connectivity index (χ0) is 17.3. The topological polar surface area (TPSA) is 75.6 Å². The highest BCUT2D eigenvalue weighted by Crippen LogP contribution is 2.07. The summed E-state index contributed by atoms with van der Waals surface area (Å²) >= 11 is 5.75. The molecule has 0 aliphatic rings. The van der Waals surface area contributed by atoms with E-state index in [4.69, 9.17) is 16.3 Å². The third-order valence-electron chi connectivity index (χ3n) is 2.63. The molecular formula is C16H26ClIN4O2. The maximum absolute atomic E-state index is 11.7. The molecule has 8 heteroatoms. The number of pyridine rings is 1. The molecule has 0 aliphatic heterocycles. The van der Waals surface area contributed by atoms with E-state index in [-0.39, 0.29) is 36.5 Å². The predicted octanol–water partition coefficient (Wildman–Crippen LogP) is 2.79. The minimum atomic E-state index is -0.500. The molecule has 0 aromatic carbocycles. The van der Waals surface area contributed by atoms with Crippen LogP contribution in [0.15, 0.2) is 23.3 Å². The number of rotatable bonds is 6. The van der Waals surface area contributed by atoms with Crippen LogP contribution in [0.4, 0.5) is 0 Å². The van der Waals surface area contributed by atoms with E-state index < -0.39 is 5.60 Å². The van der Waals surface area contributed by atoms with Gasteiger partial charge in [-0.2, -0.15) is 0 Å². The lowest BCUT2D eigenvalue weighted by Gasteiger charge is -2.19. The van der Waals surface area contributed by atoms with E-state index in [0.717, 1.165) is 12.0 Å². The Bertz CT molecular complexity index is 530. The molecule has 0 unspecified atom stereocenters. The second-order valence-corrected chi connectivity index (χ2v) is 6.33. The molecule has 0 aliphatic carbocycles. The Kier molecular flexibility index (Phi) is 10.9. The molecule has 1 rings (SSSR count). The molecule has 1 heterocycles. The first-order chi connectivity index (χ1) is 10.8. The van der Waals surface area contributed by atoms with Crippen molar-refractivity contribution in [2.45, 2.75) is 39.7 Å². The summed E-state index contributed by atoms with van der Waals surface area (Å²) in [7, 11) is 0. The van der Waals surface area contributed by atoms with Crippen LogP contribution < -0.4 is 10.6 Å². The fourth-order valence-corrected chi connectivity index (χ4v) is 1.85. The lowest BCUT2D eigenvalue weighted by atomic mass is 10.2. The van der Waals surface area contributed by atoms with Crippen molar-refractivity contribution in [1.82, 2.24) is 15.6 Å². The largest absolute Gasteiger partial charge is 0.459 e. The summed E-state index contributed by atoms with van der Waals surface area (Å²) in [6.45, 7) is 8.82. The first-order valence-electron chi connectivity index (χ1n) is 7.64. The Morgan fingerprint density at radius 3 is 2.58 bits per heavy atom. The van der Waals surface area contributed by atoms with Crippen molar-refractivity contribution in [3.8, 4) is 0 Å². The molecule has 24 heavy (non-hydrogen) atoms. The first-order valence-corrected chi connectivity index (χ1v) is 8.02. The number of carbonyl (C=O) groups is 1. The molecule has 0 bridgehead atoms. The van der Waals surface area contributed by atoms with E-state index in [9.17, 15) is 4.79 Å². The van der Waals surface area contributed by atoms with E-state index in [1.54, 1.807) is 12.3 Å². The number of aromatic nitrogens is 1. The lowest BCUT2D eigenvalue weighted by Crippen LogP contribution is -2.39. The van der Waals surface area contributed by atoms with E-state index in [2.05, 4.69) is 20.6 Å². The molecule has 0 saturated carbocycles. The van der Waals surface area contributed by atoms with Gasteiger partial charge in [0.1, 0.15) is 17.3 Å². The third kappa shape index (κ3) is 10.6. The summed E-state index contributed by atoms with van der Waals surface area (Å²) in [6, 6.07) is 3.69. The van der Waals surface area contributed by atoms with Crippen LogP contribution in [0.2, 0.25) is 5.15 Å². The average Bonchev–Trinajstić information content (AvgIpc) is 2.45. The Hall–Kier alpha value is -1.09. The molecule has 0 atom stereocenters. The number of nitrogens with one attached hydrogen (secondary N) is 2. The van der Waals surface area contributed by atoms with Gasteiger partial charge >= 0.3 is 5.97 Å². The monoisotopic (exact) mass is 468 g/mol. The van der Waals surface area contributed by atoms with Gasteiger partial charge < -0.3 is 15.4 Å². The quantitative estimate of drug-likeness (QED) is 0.221. The van der Waals surface area contributed by atoms with Gasteiger partial charge in [-0.15, -0.1) is 24.0 Å². The summed E-state index contributed by atoms with van der Waals surface area (Å²) in [5.74, 6) is 0.233. The molecule has 0 saturated heterocycles. The highest BCUT2D eigenvalue weighted by molar-refractivity contribution is 14.0. The van der Waals surface area contributed by atoms with Gasteiger partial charge in [-0.05, 0) is 45.7 Å². The summed E-state index contributed by atoms with van der Waals surface area (Å²) in [4.78, 5) is 20.0. The van der Waals surface area contributed by atoms with E-state index in [0.29, 0.717) is 24.2 Å². The maximum Gasteiger partial charge on any atom is 0.328 e. The van der Waals surface area contributed by atoms with Crippen molar-refractivity contribution in [2.24, 2.45) is 4.99 Å². The van der Waals surface area contributed by atoms with Gasteiger partial charge in [-0.25, -0.2) is 9.98 Å². The zero-order valence-corrected chi connectivity index (χ0v) is 17.6. The van der Waals surface area contributed by atoms with Crippen LogP contribution in [0.25, 0.3) is 0 Å². The number of esters is 1. The molecule has 6 nitrogen and oxygen atoms in total. The Balaban J connectivity index is 0.00000529. The van der Waals surface area contributed by atoms with Gasteiger partial charge in [-0.3, -0.25) is 4.79 Å². The molecule has 0 radical (unpaired) electrons. The molecule has 2 N–H and O–H groups in total. The molecule has 0 amide bonds. The number of guanidine groups is 1. The highest BCUT2D eigenvalue weighted by Gasteiger charge is 2.15. The Morgan fingerprint density at radius 1 is 1.33 bits per heavy atom. The number of carbonyl (C=O) groups excluding carboxylic acids is 1. The van der Waals surface area contributed by atoms with Crippen molar-refractivity contribution in [3.63, 3.8) is 0 Å². The van der Waals surface area contributed by atoms with Crippen LogP contribution in [-0.4, -0.2) is 42.1 Å². The van der Waals surface area contributed by atoms with Crippen molar-refractivity contribution in [3.05, 3.63) is 29.0 Å². The summed E-state index contributed by atoms with van der Waals surface area (Å²) in [5, 5.41) is 6.74. The molecule has 136 valence electrons. The molecule has 0 fully saturated rings. The van der Waals surface area contributed by atoms with Crippen LogP contribution in [0.5, 0.6) is 0 Å². The summed E-state index contributed by atoms with van der Waals surface area (Å²) < 4.78 is 5.23. The maximum atomic E-state index is 11.7. The summed E-state index contributed by atoms with van der Waals surface area (Å²) in [6.07, 6.45) is 2.52. The van der Waals surface area contributed by atoms with Crippen molar-refractivity contribution < 1.29 is 9.53 Å². The fourth-order valence-electron chi connectivity index (χ4n) is 1.74. The molecule has 0 spiro atoms. The molecule has 1 aromatic rings. The van der Waals surface area contributed by atoms with E-state index in [1.807, 2.05) is 33.8 Å². The van der Waals surface area contributed by atoms with Crippen LogP contribution in [-0.2, 0) is 16.0 Å². The minimum absolute atomic E-state index is 0. The van der Waals surface area contributed by atoms with Crippen LogP contribution >= 0.6 is 35.6 Å². The number of hydrogen-bond donors (Lipinski definition) is 2. The normalized spacial score (nSPS) is 11.5. The minimum Gasteiger partial charge on any atom is -0.459 e. The van der Waals surface area contributed by atoms with Gasteiger partial charge in [0, 0.05) is 19.3 Å². The lowest BCUT2D eigenvalue weighted by molar-refractivity contribution is -0.152. The zero-order valence-electron chi connectivity index (χ0n) is 14.6. The van der Waals surface area contributed by atoms with Crippen LogP contribution in [0.1, 0.15) is 33.3 Å². The molecular weight excluding hydrogens is 443 g/mol. The van der Waals surface area contributed by atoms with Gasteiger partial charge in [0.25, 0.3) is 0 Å². The standard InChI is InChI=1S/C16H25ClN4O2.HI/c1-5-18-15(21-11-14(22)23-16(2,3)4)19-9-8-12-6-7-13(17)20-10-12;/h6-7,10H,5,8-9,11H2,1-4H3,(H2,18,19,21);1H. The number of ether oxygens (including phenoxy) is 1. The number of hydrogen-bond acceptors (Lipinski definition) is 4. The molecule has 1 aromatic heterocycles. The first kappa shape index (κ1) is 22.9. The third-order valence-corrected chi connectivity index (χ3v) is 2.85. The van der Waals surface area contributed by atoms with Crippen LogP contribution in [0, 0.1) is 0 Å². The van der Waals surface area contributed by atoms with Gasteiger partial charge in [0.05, 0.1) is 0 Å². The predicted molar refractivity (Wildman–Crippen MR) is 108 cm³/mol. The Morgan fingerprint density at radius 2 is 2.04 bits per heavy atom. The van der Waals surface area contributed by atoms with Crippen molar-refractivity contribution in [1.29, 1.82) is 0 Å². The fraction of sp³-hybridized carbons (Fsp3) is 0.562. The van der Waals surface area contributed by atoms with Crippen molar-refractivity contribution in [2.75, 3.05) is 19.6 Å². The van der Waals surface area contributed by atoms with Gasteiger partial charge in [0.15, 0.2) is 5.96 Å². The smallest absolute Gasteiger partial charge is 0.328 e. The number of aliphatic imine (C=N–C) groups is 1. The van der Waals surface area contributed by atoms with Crippen LogP contribution in [0.3, 0.4) is 0 Å². The second-order valence-electron chi connectivity index (χ2n) is 5.95. The number of nitrogens with zero attached hydrogens (tertiary/aromatic N) is 2. The van der Waals surface area contributed by atoms with E-state index in [1.165, 1.54) is 0 Å². The Labute approximate surface area is 165 Å². The van der Waals surface area contributed by atoms with Crippen molar-refractivity contribution >= 4 is 47.5 Å². The highest BCUT2D eigenvalue weighted by atomic mass is 127. The SMILES string of the molecule is CCNC(=NCC(=O)OC(C)(C)C)NCCc1ccc(Cl)nc1.I. The number of halogens is 2. The van der Waals surface area contributed by atoms with Gasteiger partial charge in [-0.1, -0.05) is 17.7 Å². The summed E-state index contributed by atoms with van der Waals surface area (Å²) in [5.41, 5.74) is 0.574. The average molecular weight is 469 g/mol. The van der Waals surface area contributed by atoms with E-state index >= 15 is 0 Å². The second kappa shape index (κ2) is 11.5.